The van der Waals surface area contributed by atoms with Crippen LogP contribution < -0.4 is 15.8 Å². The fraction of sp³-hybridized carbons (Fsp3) is 0.346. The lowest BCUT2D eigenvalue weighted by atomic mass is 10.0. The van der Waals surface area contributed by atoms with Crippen molar-refractivity contribution in [3.05, 3.63) is 65.4 Å². The van der Waals surface area contributed by atoms with E-state index in [1.807, 2.05) is 44.2 Å². The van der Waals surface area contributed by atoms with E-state index >= 15 is 0 Å². The molecule has 9 nitrogen and oxygen atoms in total. The molecule has 5 rings (SSSR count). The van der Waals surface area contributed by atoms with Crippen LogP contribution in [0.2, 0.25) is 0 Å². The normalized spacial score (nSPS) is 13.9. The summed E-state index contributed by atoms with van der Waals surface area (Å²) in [6, 6.07) is 9.42. The van der Waals surface area contributed by atoms with Gasteiger partial charge in [0.2, 0.25) is 5.95 Å². The van der Waals surface area contributed by atoms with Crippen molar-refractivity contribution in [2.75, 3.05) is 12.3 Å². The van der Waals surface area contributed by atoms with E-state index in [4.69, 9.17) is 10.5 Å². The maximum Gasteiger partial charge on any atom is 0.253 e. The van der Waals surface area contributed by atoms with Crippen LogP contribution in [0.25, 0.3) is 16.8 Å². The molecule has 1 saturated carbocycles. The highest BCUT2D eigenvalue weighted by atomic mass is 16.5. The Hall–Kier alpha value is -4.01. The molecular weight excluding hydrogens is 442 g/mol. The zero-order chi connectivity index (χ0) is 24.4. The Morgan fingerprint density at radius 3 is 2.83 bits per heavy atom. The van der Waals surface area contributed by atoms with Crippen molar-refractivity contribution < 1.29 is 9.53 Å². The van der Waals surface area contributed by atoms with Gasteiger partial charge in [0, 0.05) is 23.7 Å². The highest BCUT2D eigenvalue weighted by molar-refractivity contribution is 5.96. The number of aryl methyl sites for hydroxylation is 2. The molecule has 4 aromatic rings. The van der Waals surface area contributed by atoms with Crippen LogP contribution in [0.1, 0.15) is 53.1 Å². The average molecular weight is 472 g/mol. The van der Waals surface area contributed by atoms with E-state index < -0.39 is 0 Å². The van der Waals surface area contributed by atoms with Crippen molar-refractivity contribution in [2.24, 2.45) is 5.92 Å². The van der Waals surface area contributed by atoms with Crippen LogP contribution in [0, 0.1) is 19.8 Å². The number of hydrogen-bond donors (Lipinski definition) is 2. The minimum absolute atomic E-state index is 0.210. The summed E-state index contributed by atoms with van der Waals surface area (Å²) in [4.78, 5) is 26.5. The van der Waals surface area contributed by atoms with Crippen LogP contribution in [0.15, 0.2) is 42.7 Å². The molecule has 0 aliphatic heterocycles. The second-order valence-electron chi connectivity index (χ2n) is 9.03. The van der Waals surface area contributed by atoms with Crippen molar-refractivity contribution in [3.63, 3.8) is 0 Å². The second-order valence-corrected chi connectivity index (χ2v) is 9.03. The molecule has 4 heterocycles. The third kappa shape index (κ3) is 4.94. The Balaban J connectivity index is 1.33. The first-order chi connectivity index (χ1) is 17.0. The lowest BCUT2D eigenvalue weighted by molar-refractivity contribution is 0.0949. The van der Waals surface area contributed by atoms with Gasteiger partial charge in [-0.25, -0.2) is 4.52 Å². The number of aromatic nitrogens is 5. The minimum Gasteiger partial charge on any atom is -0.491 e. The summed E-state index contributed by atoms with van der Waals surface area (Å²) < 4.78 is 7.68. The van der Waals surface area contributed by atoms with Gasteiger partial charge in [-0.3, -0.25) is 14.8 Å². The minimum atomic E-state index is -0.212. The average Bonchev–Trinajstić information content (AvgIpc) is 3.50. The van der Waals surface area contributed by atoms with E-state index in [1.165, 1.54) is 25.7 Å². The van der Waals surface area contributed by atoms with Crippen molar-refractivity contribution >= 4 is 17.5 Å². The first-order valence-corrected chi connectivity index (χ1v) is 11.9. The molecule has 35 heavy (non-hydrogen) atoms. The lowest BCUT2D eigenvalue weighted by Gasteiger charge is -2.15. The Labute approximate surface area is 203 Å². The van der Waals surface area contributed by atoms with E-state index in [2.05, 4.69) is 25.4 Å². The fourth-order valence-corrected chi connectivity index (χ4v) is 4.64. The maximum absolute atomic E-state index is 13.2. The number of ether oxygens (including phenoxy) is 1. The molecule has 1 fully saturated rings. The Morgan fingerprint density at radius 2 is 2.00 bits per heavy atom. The molecule has 0 spiro atoms. The number of rotatable bonds is 7. The van der Waals surface area contributed by atoms with Gasteiger partial charge in [0.25, 0.3) is 5.91 Å². The Morgan fingerprint density at radius 1 is 1.17 bits per heavy atom. The van der Waals surface area contributed by atoms with Crippen molar-refractivity contribution in [1.82, 2.24) is 29.9 Å². The number of pyridine rings is 3. The third-order valence-electron chi connectivity index (χ3n) is 6.53. The molecule has 0 unspecified atom stereocenters. The summed E-state index contributed by atoms with van der Waals surface area (Å²) >= 11 is 0. The van der Waals surface area contributed by atoms with Crippen molar-refractivity contribution in [2.45, 2.75) is 46.1 Å². The summed E-state index contributed by atoms with van der Waals surface area (Å²) in [5.74, 6) is 1.32. The first-order valence-electron chi connectivity index (χ1n) is 11.9. The topological polar surface area (TPSA) is 120 Å². The van der Waals surface area contributed by atoms with E-state index in [1.54, 1.807) is 16.9 Å². The molecular formula is C26H29N7O2. The van der Waals surface area contributed by atoms with Crippen LogP contribution >= 0.6 is 0 Å². The zero-order valence-corrected chi connectivity index (χ0v) is 20.0. The smallest absolute Gasteiger partial charge is 0.253 e. The number of carbonyl (C=O) groups excluding carboxylic acids is 1. The summed E-state index contributed by atoms with van der Waals surface area (Å²) in [6.07, 6.45) is 8.49. The number of anilines is 1. The molecule has 0 atom stereocenters. The zero-order valence-electron chi connectivity index (χ0n) is 20.0. The number of hydrogen-bond acceptors (Lipinski definition) is 7. The van der Waals surface area contributed by atoms with Crippen molar-refractivity contribution in [1.29, 1.82) is 0 Å². The van der Waals surface area contributed by atoms with Gasteiger partial charge < -0.3 is 15.8 Å². The van der Waals surface area contributed by atoms with Gasteiger partial charge in [-0.05, 0) is 68.5 Å². The first kappa shape index (κ1) is 22.8. The predicted molar refractivity (Wildman–Crippen MR) is 133 cm³/mol. The largest absolute Gasteiger partial charge is 0.491 e. The highest BCUT2D eigenvalue weighted by Gasteiger charge is 2.18. The summed E-state index contributed by atoms with van der Waals surface area (Å²) in [6.45, 7) is 4.73. The molecule has 180 valence electrons. The quantitative estimate of drug-likeness (QED) is 0.419. The van der Waals surface area contributed by atoms with E-state index in [9.17, 15) is 4.79 Å². The van der Waals surface area contributed by atoms with Crippen LogP contribution in [-0.2, 0) is 6.54 Å². The third-order valence-corrected chi connectivity index (χ3v) is 6.53. The summed E-state index contributed by atoms with van der Waals surface area (Å²) in [5.41, 5.74) is 10.8. The number of fused-ring (bicyclic) bond motifs is 1. The van der Waals surface area contributed by atoms with Crippen LogP contribution in [0.5, 0.6) is 5.75 Å². The molecule has 0 aromatic carbocycles. The van der Waals surface area contributed by atoms with Gasteiger partial charge in [0.05, 0.1) is 24.4 Å². The molecule has 0 bridgehead atoms. The maximum atomic E-state index is 13.2. The monoisotopic (exact) mass is 471 g/mol. The highest BCUT2D eigenvalue weighted by Crippen LogP contribution is 2.27. The number of carbonyl (C=O) groups is 1. The van der Waals surface area contributed by atoms with Gasteiger partial charge in [-0.15, -0.1) is 5.10 Å². The summed E-state index contributed by atoms with van der Waals surface area (Å²) in [5, 5.41) is 7.10. The van der Waals surface area contributed by atoms with Gasteiger partial charge in [-0.2, -0.15) is 4.98 Å². The molecule has 9 heteroatoms. The lowest BCUT2D eigenvalue weighted by Crippen LogP contribution is -2.25. The van der Waals surface area contributed by atoms with Gasteiger partial charge >= 0.3 is 0 Å². The molecule has 3 N–H and O–H groups in total. The van der Waals surface area contributed by atoms with E-state index in [0.717, 1.165) is 22.6 Å². The fourth-order valence-electron chi connectivity index (χ4n) is 4.64. The van der Waals surface area contributed by atoms with Gasteiger partial charge in [0.1, 0.15) is 11.4 Å². The number of amides is 1. The van der Waals surface area contributed by atoms with Crippen LogP contribution in [0.3, 0.4) is 0 Å². The predicted octanol–water partition coefficient (Wildman–Crippen LogP) is 3.88. The van der Waals surface area contributed by atoms with E-state index in [0.29, 0.717) is 35.1 Å². The molecule has 4 aromatic heterocycles. The van der Waals surface area contributed by atoms with Crippen LogP contribution in [-0.4, -0.2) is 37.1 Å². The number of nitrogens with one attached hydrogen (secondary N) is 1. The standard InChI is InChI=1S/C26H29N7O2/c1-16-20(19-9-11-33-24(12-19)31-26(27)32-33)13-21(17(2)30-16)25(34)29-14-22-23(8-5-10-28-22)35-15-18-6-3-4-7-18/h5,8-13,18H,3-4,6-7,14-15H2,1-2H3,(H2,27,32)(H,29,34). The SMILES string of the molecule is Cc1nc(C)c(-c2ccn3nc(N)nc3c2)cc1C(=O)NCc1ncccc1OCC1CCCC1. The second kappa shape index (κ2) is 9.69. The molecule has 0 radical (unpaired) electrons. The van der Waals surface area contributed by atoms with Crippen LogP contribution in [0.4, 0.5) is 5.95 Å². The summed E-state index contributed by atoms with van der Waals surface area (Å²) in [7, 11) is 0. The van der Waals surface area contributed by atoms with Crippen molar-refractivity contribution in [3.8, 4) is 16.9 Å². The molecule has 1 amide bonds. The number of nitrogen functional groups attached to an aromatic ring is 1. The molecule has 1 aliphatic rings. The van der Waals surface area contributed by atoms with Gasteiger partial charge in [0.15, 0.2) is 5.65 Å². The Kier molecular flexibility index (Phi) is 6.31. The molecule has 0 saturated heterocycles. The van der Waals surface area contributed by atoms with Gasteiger partial charge in [-0.1, -0.05) is 12.8 Å². The molecule has 1 aliphatic carbocycles. The number of nitrogens with two attached hydrogens (primary N) is 1. The Bertz CT molecular complexity index is 1380. The van der Waals surface area contributed by atoms with E-state index in [-0.39, 0.29) is 18.4 Å². The number of nitrogens with zero attached hydrogens (tertiary/aromatic N) is 5.